The van der Waals surface area contributed by atoms with Gasteiger partial charge in [-0.15, -0.1) is 11.6 Å². The summed E-state index contributed by atoms with van der Waals surface area (Å²) in [6.07, 6.45) is 4.78. The molecule has 0 saturated carbocycles. The van der Waals surface area contributed by atoms with Crippen LogP contribution in [0, 0.1) is 5.92 Å². The Labute approximate surface area is 124 Å². The molecule has 0 spiro atoms. The van der Waals surface area contributed by atoms with Crippen molar-refractivity contribution in [2.45, 2.75) is 44.9 Å². The lowest BCUT2D eigenvalue weighted by Gasteiger charge is -2.22. The highest BCUT2D eigenvalue weighted by atomic mass is 79.9. The zero-order valence-electron chi connectivity index (χ0n) is 11.4. The molecule has 1 rings (SSSR count). The zero-order chi connectivity index (χ0) is 13.5. The van der Waals surface area contributed by atoms with Gasteiger partial charge in [0.15, 0.2) is 0 Å². The molecule has 0 amide bonds. The molecule has 1 nitrogen and oxygen atoms in total. The van der Waals surface area contributed by atoms with Crippen molar-refractivity contribution < 1.29 is 4.74 Å². The Balaban J connectivity index is 2.83. The SMILES string of the molecule is CCCCC(CC)C(Cl)c1ccc(OC)cc1Br. The van der Waals surface area contributed by atoms with Crippen molar-refractivity contribution in [3.63, 3.8) is 0 Å². The van der Waals surface area contributed by atoms with Gasteiger partial charge < -0.3 is 4.74 Å². The molecule has 2 atom stereocenters. The van der Waals surface area contributed by atoms with E-state index < -0.39 is 0 Å². The topological polar surface area (TPSA) is 9.23 Å². The smallest absolute Gasteiger partial charge is 0.120 e. The van der Waals surface area contributed by atoms with Crippen molar-refractivity contribution in [1.82, 2.24) is 0 Å². The summed E-state index contributed by atoms with van der Waals surface area (Å²) in [6.45, 7) is 4.44. The Morgan fingerprint density at radius 3 is 2.56 bits per heavy atom. The molecule has 0 aliphatic heterocycles. The van der Waals surface area contributed by atoms with Crippen LogP contribution in [-0.4, -0.2) is 7.11 Å². The summed E-state index contributed by atoms with van der Waals surface area (Å²) in [5.41, 5.74) is 1.17. The van der Waals surface area contributed by atoms with E-state index in [-0.39, 0.29) is 5.38 Å². The predicted molar refractivity (Wildman–Crippen MR) is 82.6 cm³/mol. The van der Waals surface area contributed by atoms with E-state index >= 15 is 0 Å². The Morgan fingerprint density at radius 1 is 1.33 bits per heavy atom. The van der Waals surface area contributed by atoms with Crippen molar-refractivity contribution in [2.24, 2.45) is 5.92 Å². The van der Waals surface area contributed by atoms with Crippen LogP contribution in [0.15, 0.2) is 22.7 Å². The largest absolute Gasteiger partial charge is 0.497 e. The molecule has 0 aliphatic carbocycles. The number of halogens is 2. The summed E-state index contributed by atoms with van der Waals surface area (Å²) in [5, 5.41) is 0.0711. The molecule has 18 heavy (non-hydrogen) atoms. The molecule has 0 bridgehead atoms. The van der Waals surface area contributed by atoms with Gasteiger partial charge in [0.05, 0.1) is 12.5 Å². The Hall–Kier alpha value is -0.210. The van der Waals surface area contributed by atoms with Crippen molar-refractivity contribution in [3.8, 4) is 5.75 Å². The highest BCUT2D eigenvalue weighted by molar-refractivity contribution is 9.10. The molecule has 1 aromatic carbocycles. The fraction of sp³-hybridized carbons (Fsp3) is 0.600. The van der Waals surface area contributed by atoms with E-state index in [1.165, 1.54) is 24.8 Å². The van der Waals surface area contributed by atoms with Gasteiger partial charge in [-0.2, -0.15) is 0 Å². The van der Waals surface area contributed by atoms with Crippen molar-refractivity contribution in [3.05, 3.63) is 28.2 Å². The maximum Gasteiger partial charge on any atom is 0.120 e. The summed E-state index contributed by atoms with van der Waals surface area (Å²) in [7, 11) is 1.68. The lowest BCUT2D eigenvalue weighted by atomic mass is 9.91. The molecular weight excluding hydrogens is 312 g/mol. The molecule has 0 radical (unpaired) electrons. The number of hydrogen-bond donors (Lipinski definition) is 0. The molecule has 0 aliphatic rings. The highest BCUT2D eigenvalue weighted by Gasteiger charge is 2.21. The van der Waals surface area contributed by atoms with E-state index in [0.717, 1.165) is 16.6 Å². The van der Waals surface area contributed by atoms with Gasteiger partial charge in [0, 0.05) is 4.47 Å². The molecule has 0 N–H and O–H groups in total. The van der Waals surface area contributed by atoms with E-state index in [1.807, 2.05) is 12.1 Å². The third-order valence-electron chi connectivity index (χ3n) is 3.37. The van der Waals surface area contributed by atoms with E-state index in [0.29, 0.717) is 5.92 Å². The average molecular weight is 334 g/mol. The lowest BCUT2D eigenvalue weighted by Crippen LogP contribution is -2.08. The first-order valence-corrected chi connectivity index (χ1v) is 7.84. The minimum Gasteiger partial charge on any atom is -0.497 e. The maximum atomic E-state index is 6.64. The van der Waals surface area contributed by atoms with Crippen LogP contribution in [0.4, 0.5) is 0 Å². The van der Waals surface area contributed by atoms with Crippen LogP contribution in [0.1, 0.15) is 50.5 Å². The molecule has 0 aromatic heterocycles. The normalized spacial score (nSPS) is 14.3. The molecule has 0 saturated heterocycles. The van der Waals surface area contributed by atoms with Crippen LogP contribution in [-0.2, 0) is 0 Å². The van der Waals surface area contributed by atoms with Gasteiger partial charge in [-0.1, -0.05) is 55.1 Å². The van der Waals surface area contributed by atoms with Gasteiger partial charge in [0.25, 0.3) is 0 Å². The van der Waals surface area contributed by atoms with Gasteiger partial charge in [-0.05, 0) is 30.0 Å². The van der Waals surface area contributed by atoms with E-state index in [9.17, 15) is 0 Å². The fourth-order valence-corrected chi connectivity index (χ4v) is 3.37. The number of ether oxygens (including phenoxy) is 1. The van der Waals surface area contributed by atoms with E-state index in [2.05, 4.69) is 35.8 Å². The van der Waals surface area contributed by atoms with Crippen LogP contribution in [0.3, 0.4) is 0 Å². The first kappa shape index (κ1) is 15.8. The number of methoxy groups -OCH3 is 1. The Bertz CT molecular complexity index is 368. The summed E-state index contributed by atoms with van der Waals surface area (Å²) < 4.78 is 6.25. The van der Waals surface area contributed by atoms with Gasteiger partial charge in [0.1, 0.15) is 5.75 Å². The zero-order valence-corrected chi connectivity index (χ0v) is 13.7. The second-order valence-electron chi connectivity index (χ2n) is 4.60. The lowest BCUT2D eigenvalue weighted by molar-refractivity contribution is 0.413. The highest BCUT2D eigenvalue weighted by Crippen LogP contribution is 2.39. The number of alkyl halides is 1. The molecular formula is C15H22BrClO. The second-order valence-corrected chi connectivity index (χ2v) is 5.92. The van der Waals surface area contributed by atoms with Gasteiger partial charge in [-0.25, -0.2) is 0 Å². The molecule has 2 unspecified atom stereocenters. The summed E-state index contributed by atoms with van der Waals surface area (Å²) in [4.78, 5) is 0. The van der Waals surface area contributed by atoms with Crippen molar-refractivity contribution in [1.29, 1.82) is 0 Å². The number of hydrogen-bond acceptors (Lipinski definition) is 1. The first-order chi connectivity index (χ1) is 8.63. The average Bonchev–Trinajstić information content (AvgIpc) is 2.39. The Morgan fingerprint density at radius 2 is 2.06 bits per heavy atom. The molecule has 0 fully saturated rings. The number of unbranched alkanes of at least 4 members (excludes halogenated alkanes) is 1. The quantitative estimate of drug-likeness (QED) is 0.560. The van der Waals surface area contributed by atoms with Crippen molar-refractivity contribution in [2.75, 3.05) is 7.11 Å². The summed E-state index contributed by atoms with van der Waals surface area (Å²) in [5.74, 6) is 1.40. The molecule has 3 heteroatoms. The molecule has 102 valence electrons. The van der Waals surface area contributed by atoms with Gasteiger partial charge in [0.2, 0.25) is 0 Å². The van der Waals surface area contributed by atoms with Crippen molar-refractivity contribution >= 4 is 27.5 Å². The summed E-state index contributed by atoms with van der Waals surface area (Å²) in [6, 6.07) is 6.02. The monoisotopic (exact) mass is 332 g/mol. The minimum atomic E-state index is 0.0711. The molecule has 1 aromatic rings. The van der Waals surface area contributed by atoms with Gasteiger partial charge >= 0.3 is 0 Å². The number of benzene rings is 1. The molecule has 0 heterocycles. The predicted octanol–water partition coefficient (Wildman–Crippen LogP) is 5.95. The maximum absolute atomic E-state index is 6.64. The second kappa shape index (κ2) is 8.06. The van der Waals surface area contributed by atoms with Gasteiger partial charge in [-0.3, -0.25) is 0 Å². The van der Waals surface area contributed by atoms with Crippen LogP contribution >= 0.6 is 27.5 Å². The third-order valence-corrected chi connectivity index (χ3v) is 4.65. The number of rotatable bonds is 7. The first-order valence-electron chi connectivity index (χ1n) is 6.61. The van der Waals surface area contributed by atoms with E-state index in [1.54, 1.807) is 7.11 Å². The standard InChI is InChI=1S/C15H22BrClO/c1-4-6-7-11(5-2)15(17)13-9-8-12(18-3)10-14(13)16/h8-11,15H,4-7H2,1-3H3. The van der Waals surface area contributed by atoms with Crippen LogP contribution in [0.25, 0.3) is 0 Å². The fourth-order valence-electron chi connectivity index (χ4n) is 2.14. The van der Waals surface area contributed by atoms with E-state index in [4.69, 9.17) is 16.3 Å². The van der Waals surface area contributed by atoms with Crippen LogP contribution < -0.4 is 4.74 Å². The summed E-state index contributed by atoms with van der Waals surface area (Å²) >= 11 is 10.2. The Kier molecular flexibility index (Phi) is 7.10. The third kappa shape index (κ3) is 4.17. The van der Waals surface area contributed by atoms with Crippen LogP contribution in [0.5, 0.6) is 5.75 Å². The van der Waals surface area contributed by atoms with Crippen LogP contribution in [0.2, 0.25) is 0 Å². The minimum absolute atomic E-state index is 0.0711.